The summed E-state index contributed by atoms with van der Waals surface area (Å²) in [5.41, 5.74) is -0.474. The predicted octanol–water partition coefficient (Wildman–Crippen LogP) is 2.80. The van der Waals surface area contributed by atoms with Crippen LogP contribution < -0.4 is 0 Å². The topological polar surface area (TPSA) is 55.8 Å². The maximum atomic E-state index is 12.3. The fourth-order valence-electron chi connectivity index (χ4n) is 1.34. The molecular weight excluding hydrogens is 265 g/mol. The van der Waals surface area contributed by atoms with Gasteiger partial charge in [0, 0.05) is 6.16 Å². The summed E-state index contributed by atoms with van der Waals surface area (Å²) < 4.78 is 22.9. The van der Waals surface area contributed by atoms with Crippen molar-refractivity contribution in [2.75, 3.05) is 39.8 Å². The molecule has 0 saturated heterocycles. The Balaban J connectivity index is 4.10. The van der Waals surface area contributed by atoms with Crippen LogP contribution in [0, 0.1) is 5.41 Å². The quantitative estimate of drug-likeness (QED) is 0.372. The molecule has 0 radical (unpaired) electrons. The van der Waals surface area contributed by atoms with Crippen molar-refractivity contribution in [3.8, 4) is 0 Å². The normalized spacial score (nSPS) is 15.3. The minimum absolute atomic E-state index is 0.152. The summed E-state index contributed by atoms with van der Waals surface area (Å²) in [6, 6.07) is 0. The van der Waals surface area contributed by atoms with Gasteiger partial charge >= 0.3 is 5.97 Å². The van der Waals surface area contributed by atoms with Gasteiger partial charge in [-0.3, -0.25) is 9.36 Å². The molecule has 0 fully saturated rings. The van der Waals surface area contributed by atoms with Crippen molar-refractivity contribution in [2.45, 2.75) is 34.1 Å². The number of rotatable bonds is 9. The zero-order valence-corrected chi connectivity index (χ0v) is 14.0. The predicted molar refractivity (Wildman–Crippen MR) is 77.7 cm³/mol. The molecule has 0 amide bonds. The molecule has 0 bridgehead atoms. The molecule has 5 nitrogen and oxygen atoms in total. The maximum absolute atomic E-state index is 12.3. The molecule has 0 rings (SSSR count). The SMILES string of the molecule is CCC(C)(C)C(=O)OCCOP(=O)(CC)CN(C)C. The molecule has 0 N–H and O–H groups in total. The average molecular weight is 293 g/mol. The van der Waals surface area contributed by atoms with E-state index in [-0.39, 0.29) is 19.2 Å². The highest BCUT2D eigenvalue weighted by Crippen LogP contribution is 2.46. The minimum atomic E-state index is -2.63. The lowest BCUT2D eigenvalue weighted by Gasteiger charge is -2.22. The van der Waals surface area contributed by atoms with Crippen LogP contribution in [0.15, 0.2) is 0 Å². The Bertz CT molecular complexity index is 329. The van der Waals surface area contributed by atoms with E-state index in [4.69, 9.17) is 9.26 Å². The Kier molecular flexibility index (Phi) is 7.87. The van der Waals surface area contributed by atoms with Gasteiger partial charge < -0.3 is 14.2 Å². The van der Waals surface area contributed by atoms with Crippen LogP contribution in [-0.4, -0.2) is 50.6 Å². The van der Waals surface area contributed by atoms with Crippen molar-refractivity contribution < 1.29 is 18.6 Å². The number of esters is 1. The first-order chi connectivity index (χ1) is 8.67. The summed E-state index contributed by atoms with van der Waals surface area (Å²) in [6.07, 6.45) is 1.62. The van der Waals surface area contributed by atoms with E-state index in [1.807, 2.05) is 46.7 Å². The van der Waals surface area contributed by atoms with Crippen molar-refractivity contribution in [2.24, 2.45) is 5.41 Å². The van der Waals surface area contributed by atoms with Crippen LogP contribution in [0.2, 0.25) is 0 Å². The number of carbonyl (C=O) groups excluding carboxylic acids is 1. The fraction of sp³-hybridized carbons (Fsp3) is 0.923. The number of hydrogen-bond acceptors (Lipinski definition) is 5. The second kappa shape index (κ2) is 8.03. The van der Waals surface area contributed by atoms with Gasteiger partial charge in [0.15, 0.2) is 0 Å². The number of nitrogens with zero attached hydrogens (tertiary/aromatic N) is 1. The number of hydrogen-bond donors (Lipinski definition) is 0. The van der Waals surface area contributed by atoms with Gasteiger partial charge in [-0.1, -0.05) is 13.8 Å². The Labute approximate surface area is 117 Å². The lowest BCUT2D eigenvalue weighted by Crippen LogP contribution is -2.27. The third-order valence-electron chi connectivity index (χ3n) is 3.06. The Hall–Kier alpha value is -0.380. The van der Waals surface area contributed by atoms with Crippen molar-refractivity contribution in [1.29, 1.82) is 0 Å². The molecule has 0 spiro atoms. The largest absolute Gasteiger partial charge is 0.463 e. The van der Waals surface area contributed by atoms with E-state index in [9.17, 15) is 9.36 Å². The van der Waals surface area contributed by atoms with Crippen LogP contribution in [0.3, 0.4) is 0 Å². The van der Waals surface area contributed by atoms with Crippen molar-refractivity contribution >= 4 is 13.3 Å². The molecule has 114 valence electrons. The molecule has 0 aliphatic heterocycles. The molecule has 0 heterocycles. The first kappa shape index (κ1) is 18.6. The third kappa shape index (κ3) is 7.09. The van der Waals surface area contributed by atoms with Gasteiger partial charge in [0.2, 0.25) is 7.37 Å². The van der Waals surface area contributed by atoms with Gasteiger partial charge in [0.1, 0.15) is 6.61 Å². The fourth-order valence-corrected chi connectivity index (χ4v) is 3.07. The molecule has 0 saturated carbocycles. The van der Waals surface area contributed by atoms with Crippen LogP contribution in [0.4, 0.5) is 0 Å². The van der Waals surface area contributed by atoms with E-state index >= 15 is 0 Å². The zero-order valence-electron chi connectivity index (χ0n) is 13.1. The molecule has 0 aliphatic rings. The summed E-state index contributed by atoms with van der Waals surface area (Å²) >= 11 is 0. The van der Waals surface area contributed by atoms with Gasteiger partial charge in [-0.25, -0.2) is 0 Å². The smallest absolute Gasteiger partial charge is 0.311 e. The molecular formula is C13H28NO4P. The van der Waals surface area contributed by atoms with Gasteiger partial charge in [-0.05, 0) is 34.4 Å². The first-order valence-electron chi connectivity index (χ1n) is 6.71. The third-order valence-corrected chi connectivity index (χ3v) is 5.67. The molecule has 0 aromatic heterocycles. The Morgan fingerprint density at radius 3 is 2.21 bits per heavy atom. The molecule has 6 heteroatoms. The average Bonchev–Trinajstić information content (AvgIpc) is 2.33. The van der Waals surface area contributed by atoms with Gasteiger partial charge in [0.05, 0.1) is 18.3 Å². The minimum Gasteiger partial charge on any atom is -0.463 e. The van der Waals surface area contributed by atoms with Crippen LogP contribution in [0.1, 0.15) is 34.1 Å². The van der Waals surface area contributed by atoms with Crippen LogP contribution in [0.5, 0.6) is 0 Å². The monoisotopic (exact) mass is 293 g/mol. The van der Waals surface area contributed by atoms with Gasteiger partial charge in [-0.2, -0.15) is 0 Å². The van der Waals surface area contributed by atoms with Crippen LogP contribution in [0.25, 0.3) is 0 Å². The van der Waals surface area contributed by atoms with Gasteiger partial charge in [0.25, 0.3) is 0 Å². The van der Waals surface area contributed by atoms with E-state index in [1.165, 1.54) is 0 Å². The molecule has 0 aromatic rings. The molecule has 1 unspecified atom stereocenters. The van der Waals surface area contributed by atoms with Crippen LogP contribution in [-0.2, 0) is 18.6 Å². The molecule has 19 heavy (non-hydrogen) atoms. The number of carbonyl (C=O) groups is 1. The van der Waals surface area contributed by atoms with E-state index in [0.717, 1.165) is 6.42 Å². The highest BCUT2D eigenvalue weighted by atomic mass is 31.2. The summed E-state index contributed by atoms with van der Waals surface area (Å²) in [5.74, 6) is -0.238. The molecule has 1 atom stereocenters. The molecule has 0 aromatic carbocycles. The second-order valence-electron chi connectivity index (χ2n) is 5.56. The highest BCUT2D eigenvalue weighted by molar-refractivity contribution is 7.58. The lowest BCUT2D eigenvalue weighted by atomic mass is 9.91. The zero-order chi connectivity index (χ0) is 15.1. The first-order valence-corrected chi connectivity index (χ1v) is 8.71. The number of ether oxygens (including phenoxy) is 1. The van der Waals surface area contributed by atoms with Crippen molar-refractivity contribution in [1.82, 2.24) is 4.90 Å². The Morgan fingerprint density at radius 2 is 1.79 bits per heavy atom. The lowest BCUT2D eigenvalue weighted by molar-refractivity contribution is -0.154. The maximum Gasteiger partial charge on any atom is 0.311 e. The summed E-state index contributed by atoms with van der Waals surface area (Å²) in [5, 5.41) is 0. The van der Waals surface area contributed by atoms with E-state index in [2.05, 4.69) is 0 Å². The van der Waals surface area contributed by atoms with Crippen molar-refractivity contribution in [3.05, 3.63) is 0 Å². The van der Waals surface area contributed by atoms with Gasteiger partial charge in [-0.15, -0.1) is 0 Å². The molecule has 0 aliphatic carbocycles. The Morgan fingerprint density at radius 1 is 1.21 bits per heavy atom. The van der Waals surface area contributed by atoms with Crippen LogP contribution >= 0.6 is 7.37 Å². The van der Waals surface area contributed by atoms with E-state index < -0.39 is 12.8 Å². The second-order valence-corrected chi connectivity index (χ2v) is 8.36. The summed E-state index contributed by atoms with van der Waals surface area (Å²) in [7, 11) is 1.08. The van der Waals surface area contributed by atoms with E-state index in [0.29, 0.717) is 12.4 Å². The summed E-state index contributed by atoms with van der Waals surface area (Å²) in [6.45, 7) is 7.82. The summed E-state index contributed by atoms with van der Waals surface area (Å²) in [4.78, 5) is 13.6. The van der Waals surface area contributed by atoms with E-state index in [1.54, 1.807) is 0 Å². The highest BCUT2D eigenvalue weighted by Gasteiger charge is 2.27. The standard InChI is InChI=1S/C13H28NO4P/c1-7-13(3,4)12(15)17-9-10-18-19(16,8-2)11-14(5)6/h7-11H2,1-6H3. The van der Waals surface area contributed by atoms with Crippen molar-refractivity contribution in [3.63, 3.8) is 0 Å².